The lowest BCUT2D eigenvalue weighted by atomic mass is 10.0. The Morgan fingerprint density at radius 2 is 1.68 bits per heavy atom. The van der Waals surface area contributed by atoms with Crippen molar-refractivity contribution >= 4 is 17.4 Å². The molecule has 0 radical (unpaired) electrons. The second-order valence-electron chi connectivity index (χ2n) is 4.10. The van der Waals surface area contributed by atoms with Gasteiger partial charge in [0.05, 0.1) is 0 Å². The number of ketones is 1. The van der Waals surface area contributed by atoms with Crippen molar-refractivity contribution in [1.82, 2.24) is 0 Å². The molecule has 0 aliphatic carbocycles. The fourth-order valence-corrected chi connectivity index (χ4v) is 1.71. The van der Waals surface area contributed by atoms with E-state index in [-0.39, 0.29) is 17.5 Å². The zero-order chi connectivity index (χ0) is 13.8. The molecule has 1 N–H and O–H groups in total. The molecule has 19 heavy (non-hydrogen) atoms. The molecule has 0 saturated carbocycles. The average Bonchev–Trinajstić information content (AvgIpc) is 2.38. The lowest BCUT2D eigenvalue weighted by molar-refractivity contribution is -0.114. The Morgan fingerprint density at radius 1 is 1.00 bits per heavy atom. The van der Waals surface area contributed by atoms with E-state index < -0.39 is 0 Å². The first-order chi connectivity index (χ1) is 9.06. The predicted octanol–water partition coefficient (Wildman–Crippen LogP) is 3.02. The van der Waals surface area contributed by atoms with Crippen LogP contribution in [0.25, 0.3) is 0 Å². The van der Waals surface area contributed by atoms with Crippen LogP contribution in [-0.2, 0) is 4.79 Å². The normalized spacial score (nSPS) is 10.0. The fraction of sp³-hybridized carbons (Fsp3) is 0.0667. The van der Waals surface area contributed by atoms with Gasteiger partial charge < -0.3 is 5.32 Å². The Balaban J connectivity index is 2.28. The van der Waals surface area contributed by atoms with Crippen molar-refractivity contribution in [3.63, 3.8) is 0 Å². The number of hydrogen-bond donors (Lipinski definition) is 1. The number of halogens is 1. The first kappa shape index (κ1) is 13.0. The molecule has 1 amide bonds. The maximum absolute atomic E-state index is 12.8. The fourth-order valence-electron chi connectivity index (χ4n) is 1.71. The molecular formula is C15H12FNO2. The molecule has 0 aliphatic heterocycles. The number of hydrogen-bond acceptors (Lipinski definition) is 2. The number of amides is 1. The molecule has 3 nitrogen and oxygen atoms in total. The van der Waals surface area contributed by atoms with Gasteiger partial charge in [0.1, 0.15) is 5.82 Å². The van der Waals surface area contributed by atoms with Crippen LogP contribution in [0.5, 0.6) is 0 Å². The smallest absolute Gasteiger partial charge is 0.221 e. The van der Waals surface area contributed by atoms with E-state index in [1.54, 1.807) is 24.3 Å². The van der Waals surface area contributed by atoms with E-state index in [2.05, 4.69) is 5.32 Å². The van der Waals surface area contributed by atoms with Gasteiger partial charge in [-0.05, 0) is 36.4 Å². The minimum atomic E-state index is -0.386. The molecule has 4 heteroatoms. The molecule has 0 unspecified atom stereocenters. The first-order valence-electron chi connectivity index (χ1n) is 5.74. The maximum atomic E-state index is 12.8. The van der Waals surface area contributed by atoms with E-state index in [1.807, 2.05) is 0 Å². The van der Waals surface area contributed by atoms with Gasteiger partial charge in [-0.2, -0.15) is 0 Å². The second-order valence-corrected chi connectivity index (χ2v) is 4.10. The highest BCUT2D eigenvalue weighted by Gasteiger charge is 2.09. The topological polar surface area (TPSA) is 46.2 Å². The number of benzene rings is 2. The van der Waals surface area contributed by atoms with Gasteiger partial charge in [-0.25, -0.2) is 4.39 Å². The summed E-state index contributed by atoms with van der Waals surface area (Å²) in [5.74, 6) is -0.804. The van der Waals surface area contributed by atoms with Crippen molar-refractivity contribution in [1.29, 1.82) is 0 Å². The number of nitrogens with one attached hydrogen (secondary N) is 1. The summed E-state index contributed by atoms with van der Waals surface area (Å²) in [6.07, 6.45) is 0. The number of carbonyl (C=O) groups excluding carboxylic acids is 2. The number of rotatable bonds is 3. The predicted molar refractivity (Wildman–Crippen MR) is 70.6 cm³/mol. The Morgan fingerprint density at radius 3 is 2.32 bits per heavy atom. The minimum Gasteiger partial charge on any atom is -0.326 e. The first-order valence-corrected chi connectivity index (χ1v) is 5.74. The third-order valence-corrected chi connectivity index (χ3v) is 2.55. The summed E-state index contributed by atoms with van der Waals surface area (Å²) >= 11 is 0. The van der Waals surface area contributed by atoms with E-state index >= 15 is 0 Å². The van der Waals surface area contributed by atoms with Crippen LogP contribution in [0.15, 0.2) is 48.5 Å². The summed E-state index contributed by atoms with van der Waals surface area (Å²) in [5, 5.41) is 2.61. The van der Waals surface area contributed by atoms with Crippen LogP contribution in [-0.4, -0.2) is 11.7 Å². The highest BCUT2D eigenvalue weighted by atomic mass is 19.1. The quantitative estimate of drug-likeness (QED) is 0.859. The van der Waals surface area contributed by atoms with Gasteiger partial charge in [-0.15, -0.1) is 0 Å². The highest BCUT2D eigenvalue weighted by molar-refractivity contribution is 6.09. The molecule has 96 valence electrons. The zero-order valence-corrected chi connectivity index (χ0v) is 10.3. The summed E-state index contributed by atoms with van der Waals surface area (Å²) in [4.78, 5) is 23.1. The van der Waals surface area contributed by atoms with Crippen LogP contribution < -0.4 is 5.32 Å². The van der Waals surface area contributed by atoms with Gasteiger partial charge in [0.15, 0.2) is 5.78 Å². The number of carbonyl (C=O) groups is 2. The zero-order valence-electron chi connectivity index (χ0n) is 10.3. The molecule has 2 aromatic rings. The largest absolute Gasteiger partial charge is 0.326 e. The third kappa shape index (κ3) is 3.25. The molecule has 2 aromatic carbocycles. The van der Waals surface area contributed by atoms with Crippen molar-refractivity contribution in [2.75, 3.05) is 5.32 Å². The summed E-state index contributed by atoms with van der Waals surface area (Å²) in [7, 11) is 0. The molecule has 0 aliphatic rings. The molecule has 2 rings (SSSR count). The lowest BCUT2D eigenvalue weighted by Crippen LogP contribution is -2.07. The van der Waals surface area contributed by atoms with Gasteiger partial charge in [0.25, 0.3) is 0 Å². The molecule has 0 aromatic heterocycles. The van der Waals surface area contributed by atoms with Crippen LogP contribution in [0.4, 0.5) is 10.1 Å². The van der Waals surface area contributed by atoms with Crippen molar-refractivity contribution in [3.05, 3.63) is 65.5 Å². The van der Waals surface area contributed by atoms with Crippen molar-refractivity contribution in [2.45, 2.75) is 6.92 Å². The van der Waals surface area contributed by atoms with Crippen LogP contribution in [0, 0.1) is 5.82 Å². The molecule has 0 spiro atoms. The van der Waals surface area contributed by atoms with E-state index in [1.165, 1.54) is 31.2 Å². The number of anilines is 1. The Kier molecular flexibility index (Phi) is 3.71. The monoisotopic (exact) mass is 257 g/mol. The van der Waals surface area contributed by atoms with Gasteiger partial charge in [-0.1, -0.05) is 12.1 Å². The molecule has 0 fully saturated rings. The maximum Gasteiger partial charge on any atom is 0.221 e. The SMILES string of the molecule is CC(=O)Nc1cccc(C(=O)c2ccc(F)cc2)c1. The second kappa shape index (κ2) is 5.44. The van der Waals surface area contributed by atoms with Gasteiger partial charge in [0, 0.05) is 23.7 Å². The summed E-state index contributed by atoms with van der Waals surface area (Å²) in [6.45, 7) is 1.40. The van der Waals surface area contributed by atoms with E-state index in [4.69, 9.17) is 0 Å². The Labute approximate surface area is 110 Å². The van der Waals surface area contributed by atoms with Gasteiger partial charge >= 0.3 is 0 Å². The molecule has 0 saturated heterocycles. The molecule has 0 heterocycles. The van der Waals surface area contributed by atoms with Crippen LogP contribution in [0.3, 0.4) is 0 Å². The minimum absolute atomic E-state index is 0.202. The van der Waals surface area contributed by atoms with Crippen molar-refractivity contribution in [3.8, 4) is 0 Å². The Bertz CT molecular complexity index is 620. The summed E-state index contributed by atoms with van der Waals surface area (Å²) in [5.41, 5.74) is 1.40. The molecular weight excluding hydrogens is 245 g/mol. The van der Waals surface area contributed by atoms with Crippen LogP contribution in [0.2, 0.25) is 0 Å². The van der Waals surface area contributed by atoms with Crippen LogP contribution >= 0.6 is 0 Å². The highest BCUT2D eigenvalue weighted by Crippen LogP contribution is 2.15. The van der Waals surface area contributed by atoms with E-state index in [9.17, 15) is 14.0 Å². The van der Waals surface area contributed by atoms with E-state index in [0.29, 0.717) is 16.8 Å². The van der Waals surface area contributed by atoms with E-state index in [0.717, 1.165) is 0 Å². The Hall–Kier alpha value is -2.49. The molecule has 0 bridgehead atoms. The van der Waals surface area contributed by atoms with Crippen molar-refractivity contribution in [2.24, 2.45) is 0 Å². The average molecular weight is 257 g/mol. The summed E-state index contributed by atoms with van der Waals surface area (Å²) in [6, 6.07) is 12.0. The van der Waals surface area contributed by atoms with Crippen LogP contribution in [0.1, 0.15) is 22.8 Å². The van der Waals surface area contributed by atoms with Crippen molar-refractivity contribution < 1.29 is 14.0 Å². The standard InChI is InChI=1S/C15H12FNO2/c1-10(18)17-14-4-2-3-12(9-14)15(19)11-5-7-13(16)8-6-11/h2-9H,1H3,(H,17,18). The van der Waals surface area contributed by atoms with Gasteiger partial charge in [0.2, 0.25) is 5.91 Å². The third-order valence-electron chi connectivity index (χ3n) is 2.55. The molecule has 0 atom stereocenters. The van der Waals surface area contributed by atoms with Gasteiger partial charge in [-0.3, -0.25) is 9.59 Å². The summed E-state index contributed by atoms with van der Waals surface area (Å²) < 4.78 is 12.8. The lowest BCUT2D eigenvalue weighted by Gasteiger charge is -2.05.